The smallest absolute Gasteiger partial charge is 0.315 e. The number of hydrogen-bond donors (Lipinski definition) is 2. The van der Waals surface area contributed by atoms with Crippen molar-refractivity contribution in [3.8, 4) is 5.75 Å². The average molecular weight is 250 g/mol. The second kappa shape index (κ2) is 7.58. The number of urea groups is 1. The highest BCUT2D eigenvalue weighted by Crippen LogP contribution is 2.16. The van der Waals surface area contributed by atoms with Gasteiger partial charge in [0.15, 0.2) is 0 Å². The summed E-state index contributed by atoms with van der Waals surface area (Å²) in [5, 5.41) is 5.73. The lowest BCUT2D eigenvalue weighted by molar-refractivity contribution is 0.236. The number of ether oxygens (including phenoxy) is 1. The fourth-order valence-corrected chi connectivity index (χ4v) is 1.80. The molecule has 18 heavy (non-hydrogen) atoms. The van der Waals surface area contributed by atoms with E-state index in [1.54, 1.807) is 7.11 Å². The fraction of sp³-hybridized carbons (Fsp3) is 0.500. The summed E-state index contributed by atoms with van der Waals surface area (Å²) < 4.78 is 5.23. The van der Waals surface area contributed by atoms with Crippen molar-refractivity contribution in [3.63, 3.8) is 0 Å². The normalized spacial score (nSPS) is 11.7. The van der Waals surface area contributed by atoms with Gasteiger partial charge in [0.1, 0.15) is 5.75 Å². The Morgan fingerprint density at radius 2 is 2.11 bits per heavy atom. The van der Waals surface area contributed by atoms with Gasteiger partial charge in [0.25, 0.3) is 0 Å². The van der Waals surface area contributed by atoms with Gasteiger partial charge in [-0.15, -0.1) is 0 Å². The Hall–Kier alpha value is -1.71. The molecule has 2 N–H and O–H groups in total. The van der Waals surface area contributed by atoms with E-state index >= 15 is 0 Å². The minimum absolute atomic E-state index is 0.137. The van der Waals surface area contributed by atoms with Crippen molar-refractivity contribution >= 4 is 6.03 Å². The molecule has 100 valence electrons. The maximum Gasteiger partial charge on any atom is 0.315 e. The first-order valence-corrected chi connectivity index (χ1v) is 6.33. The standard InChI is InChI=1S/C14H22N2O2/c1-4-7-11(2)16-14(17)15-10-12-8-5-6-9-13(12)18-3/h5-6,8-9,11H,4,7,10H2,1-3H3,(H2,15,16,17)/t11-/m1/s1. The molecule has 1 atom stereocenters. The SMILES string of the molecule is CCC[C@@H](C)NC(=O)NCc1ccccc1OC. The van der Waals surface area contributed by atoms with Gasteiger partial charge in [0, 0.05) is 18.2 Å². The topological polar surface area (TPSA) is 50.4 Å². The van der Waals surface area contributed by atoms with Crippen LogP contribution in [-0.2, 0) is 6.54 Å². The van der Waals surface area contributed by atoms with Crippen LogP contribution in [0.1, 0.15) is 32.3 Å². The van der Waals surface area contributed by atoms with Crippen molar-refractivity contribution < 1.29 is 9.53 Å². The quantitative estimate of drug-likeness (QED) is 0.815. The summed E-state index contributed by atoms with van der Waals surface area (Å²) in [5.74, 6) is 0.791. The highest BCUT2D eigenvalue weighted by molar-refractivity contribution is 5.74. The Bertz CT molecular complexity index is 380. The van der Waals surface area contributed by atoms with E-state index in [9.17, 15) is 4.79 Å². The zero-order chi connectivity index (χ0) is 13.4. The van der Waals surface area contributed by atoms with Crippen LogP contribution in [0.5, 0.6) is 5.75 Å². The molecule has 1 aromatic carbocycles. The highest BCUT2D eigenvalue weighted by Gasteiger charge is 2.07. The molecule has 0 saturated carbocycles. The maximum atomic E-state index is 11.6. The molecule has 4 heteroatoms. The molecule has 1 aromatic rings. The lowest BCUT2D eigenvalue weighted by Crippen LogP contribution is -2.40. The van der Waals surface area contributed by atoms with E-state index in [1.165, 1.54) is 0 Å². The van der Waals surface area contributed by atoms with Gasteiger partial charge < -0.3 is 15.4 Å². The van der Waals surface area contributed by atoms with Crippen molar-refractivity contribution in [2.24, 2.45) is 0 Å². The lowest BCUT2D eigenvalue weighted by atomic mass is 10.2. The summed E-state index contributed by atoms with van der Waals surface area (Å²) in [6.45, 7) is 4.58. The van der Waals surface area contributed by atoms with Gasteiger partial charge in [-0.25, -0.2) is 4.79 Å². The molecule has 0 radical (unpaired) electrons. The number of carbonyl (C=O) groups excluding carboxylic acids is 1. The van der Waals surface area contributed by atoms with Crippen LogP contribution in [0.4, 0.5) is 4.79 Å². The van der Waals surface area contributed by atoms with Gasteiger partial charge in [0.05, 0.1) is 7.11 Å². The molecule has 0 fully saturated rings. The van der Waals surface area contributed by atoms with Crippen LogP contribution >= 0.6 is 0 Å². The third-order valence-corrected chi connectivity index (χ3v) is 2.73. The molecule has 0 aliphatic rings. The lowest BCUT2D eigenvalue weighted by Gasteiger charge is -2.14. The number of carbonyl (C=O) groups is 1. The second-order valence-electron chi connectivity index (χ2n) is 4.33. The number of benzene rings is 1. The number of para-hydroxylation sites is 1. The van der Waals surface area contributed by atoms with Crippen LogP contribution in [0, 0.1) is 0 Å². The predicted octanol–water partition coefficient (Wildman–Crippen LogP) is 2.68. The number of nitrogens with one attached hydrogen (secondary N) is 2. The summed E-state index contributed by atoms with van der Waals surface area (Å²) in [7, 11) is 1.63. The monoisotopic (exact) mass is 250 g/mol. The van der Waals surface area contributed by atoms with Crippen molar-refractivity contribution in [3.05, 3.63) is 29.8 Å². The van der Waals surface area contributed by atoms with E-state index in [-0.39, 0.29) is 12.1 Å². The van der Waals surface area contributed by atoms with E-state index in [0.29, 0.717) is 6.54 Å². The summed E-state index contributed by atoms with van der Waals surface area (Å²) in [6.07, 6.45) is 2.05. The van der Waals surface area contributed by atoms with Gasteiger partial charge >= 0.3 is 6.03 Å². The first-order chi connectivity index (χ1) is 8.67. The van der Waals surface area contributed by atoms with E-state index < -0.39 is 0 Å². The molecule has 0 bridgehead atoms. The molecule has 1 rings (SSSR count). The third-order valence-electron chi connectivity index (χ3n) is 2.73. The minimum atomic E-state index is -0.137. The maximum absolute atomic E-state index is 11.6. The van der Waals surface area contributed by atoms with Crippen molar-refractivity contribution in [1.29, 1.82) is 0 Å². The molecule has 0 saturated heterocycles. The number of methoxy groups -OCH3 is 1. The molecule has 0 heterocycles. The molecule has 0 unspecified atom stereocenters. The van der Waals surface area contributed by atoms with E-state index in [0.717, 1.165) is 24.2 Å². The number of amides is 2. The second-order valence-corrected chi connectivity index (χ2v) is 4.33. The molecule has 0 aliphatic heterocycles. The Morgan fingerprint density at radius 1 is 1.39 bits per heavy atom. The predicted molar refractivity (Wildman–Crippen MR) is 72.7 cm³/mol. The Morgan fingerprint density at radius 3 is 2.78 bits per heavy atom. The van der Waals surface area contributed by atoms with Crippen molar-refractivity contribution in [2.45, 2.75) is 39.3 Å². The van der Waals surface area contributed by atoms with Crippen molar-refractivity contribution in [1.82, 2.24) is 10.6 Å². The van der Waals surface area contributed by atoms with Crippen LogP contribution in [0.2, 0.25) is 0 Å². The zero-order valence-corrected chi connectivity index (χ0v) is 11.3. The average Bonchev–Trinajstić information content (AvgIpc) is 2.37. The van der Waals surface area contributed by atoms with Gasteiger partial charge in [-0.2, -0.15) is 0 Å². The van der Waals surface area contributed by atoms with Gasteiger partial charge in [0.2, 0.25) is 0 Å². The van der Waals surface area contributed by atoms with E-state index in [2.05, 4.69) is 17.6 Å². The van der Waals surface area contributed by atoms with Crippen LogP contribution in [-0.4, -0.2) is 19.2 Å². The Balaban J connectivity index is 2.42. The van der Waals surface area contributed by atoms with Crippen LogP contribution < -0.4 is 15.4 Å². The molecule has 2 amide bonds. The zero-order valence-electron chi connectivity index (χ0n) is 11.3. The molecule has 0 spiro atoms. The summed E-state index contributed by atoms with van der Waals surface area (Å²) in [6, 6.07) is 7.72. The van der Waals surface area contributed by atoms with E-state index in [4.69, 9.17) is 4.74 Å². The van der Waals surface area contributed by atoms with Gasteiger partial charge in [-0.1, -0.05) is 31.5 Å². The molecular formula is C14H22N2O2. The van der Waals surface area contributed by atoms with Crippen LogP contribution in [0.25, 0.3) is 0 Å². The first-order valence-electron chi connectivity index (χ1n) is 6.33. The first kappa shape index (κ1) is 14.4. The minimum Gasteiger partial charge on any atom is -0.496 e. The van der Waals surface area contributed by atoms with Crippen LogP contribution in [0.3, 0.4) is 0 Å². The van der Waals surface area contributed by atoms with Crippen molar-refractivity contribution in [2.75, 3.05) is 7.11 Å². The Labute approximate surface area is 109 Å². The number of hydrogen-bond acceptors (Lipinski definition) is 2. The number of rotatable bonds is 6. The molecule has 0 aromatic heterocycles. The Kier molecular flexibility index (Phi) is 6.05. The fourth-order valence-electron chi connectivity index (χ4n) is 1.80. The molecular weight excluding hydrogens is 228 g/mol. The highest BCUT2D eigenvalue weighted by atomic mass is 16.5. The largest absolute Gasteiger partial charge is 0.496 e. The van der Waals surface area contributed by atoms with Crippen LogP contribution in [0.15, 0.2) is 24.3 Å². The van der Waals surface area contributed by atoms with E-state index in [1.807, 2.05) is 31.2 Å². The van der Waals surface area contributed by atoms with Gasteiger partial charge in [-0.05, 0) is 19.4 Å². The summed E-state index contributed by atoms with van der Waals surface area (Å²) in [5.41, 5.74) is 0.971. The third kappa shape index (κ3) is 4.65. The molecule has 4 nitrogen and oxygen atoms in total. The summed E-state index contributed by atoms with van der Waals surface area (Å²) in [4.78, 5) is 11.6. The summed E-state index contributed by atoms with van der Waals surface area (Å²) >= 11 is 0. The molecule has 0 aliphatic carbocycles. The van der Waals surface area contributed by atoms with Gasteiger partial charge in [-0.3, -0.25) is 0 Å².